The molecule has 0 unspecified atom stereocenters. The number of ether oxygens (including phenoxy) is 1. The Morgan fingerprint density at radius 3 is 2.29 bits per heavy atom. The maximum absolute atomic E-state index is 11.1. The molecule has 5 heteroatoms. The molecule has 4 nitrogen and oxygen atoms in total. The molecule has 0 saturated heterocycles. The molecule has 0 amide bonds. The standard InChI is InChI=1S/C26H26N2O2.ClH/c1-28(17-19-8-4-2-5-9-19)24-14-12-21-22(26(24)29)13-15-25(23(21)16-27)30-18-20-10-6-3-7-11-20;/h2-11,13,15,24,26,29H,12,14,17-18H2,1H3;1H/t24-,26-;/m1./s1. The van der Waals surface area contributed by atoms with Crippen molar-refractivity contribution < 1.29 is 9.84 Å². The summed E-state index contributed by atoms with van der Waals surface area (Å²) >= 11 is 0. The Kier molecular flexibility index (Phi) is 7.70. The molecular formula is C26H27ClN2O2. The van der Waals surface area contributed by atoms with Gasteiger partial charge < -0.3 is 9.84 Å². The summed E-state index contributed by atoms with van der Waals surface area (Å²) in [7, 11) is 2.05. The van der Waals surface area contributed by atoms with Crippen molar-refractivity contribution in [1.29, 1.82) is 5.26 Å². The molecule has 2 atom stereocenters. The van der Waals surface area contributed by atoms with Crippen molar-refractivity contribution in [3.8, 4) is 11.8 Å². The van der Waals surface area contributed by atoms with Crippen LogP contribution >= 0.6 is 12.4 Å². The molecule has 0 radical (unpaired) electrons. The number of hydrogen-bond acceptors (Lipinski definition) is 4. The number of likely N-dealkylation sites (N-methyl/N-ethyl adjacent to an activating group) is 1. The number of benzene rings is 3. The van der Waals surface area contributed by atoms with Crippen LogP contribution in [0.1, 0.15) is 40.3 Å². The zero-order chi connectivity index (χ0) is 20.9. The van der Waals surface area contributed by atoms with Crippen LogP contribution in [0.3, 0.4) is 0 Å². The molecule has 1 aliphatic rings. The van der Waals surface area contributed by atoms with Gasteiger partial charge in [-0.25, -0.2) is 0 Å². The van der Waals surface area contributed by atoms with Crippen LogP contribution in [0.2, 0.25) is 0 Å². The first-order chi connectivity index (χ1) is 14.7. The Morgan fingerprint density at radius 2 is 1.65 bits per heavy atom. The van der Waals surface area contributed by atoms with Crippen molar-refractivity contribution in [1.82, 2.24) is 4.90 Å². The smallest absolute Gasteiger partial charge is 0.137 e. The molecule has 0 saturated carbocycles. The highest BCUT2D eigenvalue weighted by molar-refractivity contribution is 5.85. The van der Waals surface area contributed by atoms with E-state index in [1.54, 1.807) is 0 Å². The van der Waals surface area contributed by atoms with Gasteiger partial charge in [0.25, 0.3) is 0 Å². The molecule has 0 aliphatic heterocycles. The average Bonchev–Trinajstić information content (AvgIpc) is 2.78. The van der Waals surface area contributed by atoms with E-state index in [1.807, 2.05) is 60.7 Å². The lowest BCUT2D eigenvalue weighted by atomic mass is 9.82. The van der Waals surface area contributed by atoms with Crippen LogP contribution in [0.4, 0.5) is 0 Å². The fraction of sp³-hybridized carbons (Fsp3) is 0.269. The number of halogens is 1. The van der Waals surface area contributed by atoms with Crippen LogP contribution in [0.5, 0.6) is 5.75 Å². The molecule has 0 fully saturated rings. The van der Waals surface area contributed by atoms with Crippen LogP contribution in [-0.2, 0) is 19.6 Å². The van der Waals surface area contributed by atoms with Gasteiger partial charge in [0.2, 0.25) is 0 Å². The first-order valence-corrected chi connectivity index (χ1v) is 10.3. The van der Waals surface area contributed by atoms with E-state index >= 15 is 0 Å². The molecule has 1 N–H and O–H groups in total. The van der Waals surface area contributed by atoms with Crippen LogP contribution in [0, 0.1) is 11.3 Å². The van der Waals surface area contributed by atoms with Crippen LogP contribution in [0.25, 0.3) is 0 Å². The number of nitriles is 1. The maximum Gasteiger partial charge on any atom is 0.137 e. The number of aliphatic hydroxyl groups excluding tert-OH is 1. The number of rotatable bonds is 6. The zero-order valence-corrected chi connectivity index (χ0v) is 18.4. The Labute approximate surface area is 190 Å². The number of aliphatic hydroxyl groups is 1. The molecule has 3 aromatic rings. The van der Waals surface area contributed by atoms with Crippen LogP contribution < -0.4 is 4.74 Å². The fourth-order valence-electron chi connectivity index (χ4n) is 4.27. The van der Waals surface area contributed by atoms with Gasteiger partial charge in [-0.05, 0) is 48.2 Å². The predicted octanol–water partition coefficient (Wildman–Crippen LogP) is 5.04. The van der Waals surface area contributed by atoms with Gasteiger partial charge in [-0.3, -0.25) is 4.90 Å². The predicted molar refractivity (Wildman–Crippen MR) is 124 cm³/mol. The van der Waals surface area contributed by atoms with Gasteiger partial charge in [0, 0.05) is 12.6 Å². The molecule has 0 bridgehead atoms. The van der Waals surface area contributed by atoms with Gasteiger partial charge in [0.15, 0.2) is 0 Å². The van der Waals surface area contributed by atoms with Gasteiger partial charge in [-0.15, -0.1) is 12.4 Å². The highest BCUT2D eigenvalue weighted by atomic mass is 35.5. The summed E-state index contributed by atoms with van der Waals surface area (Å²) < 4.78 is 5.95. The molecular weight excluding hydrogens is 408 g/mol. The number of hydrogen-bond donors (Lipinski definition) is 1. The van der Waals surface area contributed by atoms with Crippen molar-refractivity contribution in [2.45, 2.75) is 38.1 Å². The second-order valence-corrected chi connectivity index (χ2v) is 7.84. The van der Waals surface area contributed by atoms with E-state index in [2.05, 4.69) is 30.1 Å². The van der Waals surface area contributed by atoms with Crippen molar-refractivity contribution in [3.05, 3.63) is 101 Å². The molecule has 1 aliphatic carbocycles. The largest absolute Gasteiger partial charge is 0.488 e. The quantitative estimate of drug-likeness (QED) is 0.590. The monoisotopic (exact) mass is 434 g/mol. The van der Waals surface area contributed by atoms with Crippen LogP contribution in [0.15, 0.2) is 72.8 Å². The molecule has 0 spiro atoms. The SMILES string of the molecule is CN(Cc1ccccc1)[C@@H]1CCc2c(ccc(OCc3ccccc3)c2C#N)[C@H]1O.Cl. The Bertz CT molecular complexity index is 1030. The highest BCUT2D eigenvalue weighted by Crippen LogP contribution is 2.38. The van der Waals surface area contributed by atoms with E-state index in [0.29, 0.717) is 17.9 Å². The lowest BCUT2D eigenvalue weighted by Gasteiger charge is -2.37. The summed E-state index contributed by atoms with van der Waals surface area (Å²) in [6.07, 6.45) is 0.924. The zero-order valence-electron chi connectivity index (χ0n) is 17.6. The third-order valence-corrected chi connectivity index (χ3v) is 5.87. The van der Waals surface area contributed by atoms with Crippen molar-refractivity contribution in [3.63, 3.8) is 0 Å². The van der Waals surface area contributed by atoms with Gasteiger partial charge in [-0.1, -0.05) is 66.7 Å². The molecule has 3 aromatic carbocycles. The summed E-state index contributed by atoms with van der Waals surface area (Å²) in [6, 6.07) is 26.3. The minimum absolute atomic E-state index is 0. The normalized spacial score (nSPS) is 17.4. The maximum atomic E-state index is 11.1. The minimum atomic E-state index is -0.627. The fourth-order valence-corrected chi connectivity index (χ4v) is 4.27. The van der Waals surface area contributed by atoms with E-state index in [9.17, 15) is 10.4 Å². The van der Waals surface area contributed by atoms with E-state index in [4.69, 9.17) is 4.74 Å². The van der Waals surface area contributed by atoms with Gasteiger partial charge >= 0.3 is 0 Å². The first-order valence-electron chi connectivity index (χ1n) is 10.3. The Hall–Kier alpha value is -2.84. The van der Waals surface area contributed by atoms with E-state index in [1.165, 1.54) is 5.56 Å². The lowest BCUT2D eigenvalue weighted by molar-refractivity contribution is 0.0461. The lowest BCUT2D eigenvalue weighted by Crippen LogP contribution is -2.39. The molecule has 4 rings (SSSR count). The van der Waals surface area contributed by atoms with E-state index in [0.717, 1.165) is 36.1 Å². The van der Waals surface area contributed by atoms with Crippen molar-refractivity contribution in [2.75, 3.05) is 7.05 Å². The first kappa shape index (κ1) is 22.8. The summed E-state index contributed by atoms with van der Waals surface area (Å²) in [4.78, 5) is 2.20. The third kappa shape index (κ3) is 5.08. The van der Waals surface area contributed by atoms with Gasteiger partial charge in [0.05, 0.1) is 11.7 Å². The van der Waals surface area contributed by atoms with Crippen molar-refractivity contribution >= 4 is 12.4 Å². The summed E-state index contributed by atoms with van der Waals surface area (Å²) in [6.45, 7) is 1.20. The summed E-state index contributed by atoms with van der Waals surface area (Å²) in [5.74, 6) is 0.586. The minimum Gasteiger partial charge on any atom is -0.488 e. The molecule has 0 heterocycles. The second kappa shape index (κ2) is 10.5. The van der Waals surface area contributed by atoms with Crippen molar-refractivity contribution in [2.24, 2.45) is 0 Å². The van der Waals surface area contributed by atoms with Crippen LogP contribution in [-0.4, -0.2) is 23.1 Å². The van der Waals surface area contributed by atoms with E-state index < -0.39 is 6.10 Å². The highest BCUT2D eigenvalue weighted by Gasteiger charge is 2.33. The molecule has 31 heavy (non-hydrogen) atoms. The van der Waals surface area contributed by atoms with Gasteiger partial charge in [0.1, 0.15) is 18.4 Å². The Morgan fingerprint density at radius 1 is 1.00 bits per heavy atom. The number of nitrogens with zero attached hydrogens (tertiary/aromatic N) is 2. The molecule has 0 aromatic heterocycles. The second-order valence-electron chi connectivity index (χ2n) is 7.84. The third-order valence-electron chi connectivity index (χ3n) is 5.87. The number of fused-ring (bicyclic) bond motifs is 1. The average molecular weight is 435 g/mol. The topological polar surface area (TPSA) is 56.5 Å². The van der Waals surface area contributed by atoms with E-state index in [-0.39, 0.29) is 18.4 Å². The summed E-state index contributed by atoms with van der Waals surface area (Å²) in [5.41, 5.74) is 4.59. The van der Waals surface area contributed by atoms with Gasteiger partial charge in [-0.2, -0.15) is 5.26 Å². The molecule has 160 valence electrons. The Balaban J connectivity index is 0.00000272. The summed E-state index contributed by atoms with van der Waals surface area (Å²) in [5, 5.41) is 20.9.